The third-order valence-corrected chi connectivity index (χ3v) is 12.4. The van der Waals surface area contributed by atoms with Gasteiger partial charge >= 0.3 is 0 Å². The van der Waals surface area contributed by atoms with Crippen LogP contribution in [0.15, 0.2) is 46.3 Å². The van der Waals surface area contributed by atoms with E-state index in [0.717, 1.165) is 23.1 Å². The molecule has 2 N–H and O–H groups in total. The first-order valence-corrected chi connectivity index (χ1v) is 13.4. The first-order chi connectivity index (χ1) is 14.8. The van der Waals surface area contributed by atoms with Crippen molar-refractivity contribution in [2.75, 3.05) is 0 Å². The summed E-state index contributed by atoms with van der Waals surface area (Å²) >= 11 is 2.37. The van der Waals surface area contributed by atoms with E-state index in [2.05, 4.69) is 73.2 Å². The number of carbonyl (C=O) groups is 1. The zero-order valence-electron chi connectivity index (χ0n) is 20.5. The second kappa shape index (κ2) is 6.84. The van der Waals surface area contributed by atoms with Crippen LogP contribution in [0, 0.1) is 27.6 Å². The molecule has 5 rings (SSSR count). The number of aliphatic hydroxyl groups is 1. The lowest BCUT2D eigenvalue weighted by Gasteiger charge is -2.70. The van der Waals surface area contributed by atoms with E-state index in [0.29, 0.717) is 11.3 Å². The van der Waals surface area contributed by atoms with Crippen molar-refractivity contribution in [2.24, 2.45) is 27.6 Å². The third kappa shape index (κ3) is 2.71. The average molecular weight is 548 g/mol. The fraction of sp³-hybridized carbons (Fsp3) is 0.679. The van der Waals surface area contributed by atoms with Gasteiger partial charge in [-0.05, 0) is 98.2 Å². The van der Waals surface area contributed by atoms with E-state index in [1.165, 1.54) is 44.1 Å². The molecule has 3 nitrogen and oxygen atoms in total. The van der Waals surface area contributed by atoms with Crippen molar-refractivity contribution in [2.45, 2.75) is 92.0 Å². The normalized spacial score (nSPS) is 48.0. The van der Waals surface area contributed by atoms with Crippen molar-refractivity contribution in [1.29, 1.82) is 0 Å². The Morgan fingerprint density at radius 3 is 2.38 bits per heavy atom. The van der Waals surface area contributed by atoms with Crippen LogP contribution in [0.2, 0.25) is 0 Å². The van der Waals surface area contributed by atoms with Crippen LogP contribution in [0.3, 0.4) is 0 Å². The lowest BCUT2D eigenvalue weighted by atomic mass is 9.35. The van der Waals surface area contributed by atoms with E-state index in [-0.39, 0.29) is 33.3 Å². The predicted octanol–water partition coefficient (Wildman–Crippen LogP) is 7.31. The van der Waals surface area contributed by atoms with Gasteiger partial charge in [-0.3, -0.25) is 8.32 Å². The molecule has 0 heterocycles. The van der Waals surface area contributed by atoms with Crippen LogP contribution in [0.5, 0.6) is 0 Å². The van der Waals surface area contributed by atoms with E-state index in [1.807, 2.05) is 6.92 Å². The van der Waals surface area contributed by atoms with Gasteiger partial charge in [0.25, 0.3) is 0 Å². The minimum absolute atomic E-state index is 0.0893. The third-order valence-electron chi connectivity index (χ3n) is 11.1. The fourth-order valence-corrected chi connectivity index (χ4v) is 9.03. The van der Waals surface area contributed by atoms with E-state index in [9.17, 15) is 9.90 Å². The Morgan fingerprint density at radius 1 is 1.00 bits per heavy atom. The SMILES string of the molecule is CC1=C(O)C(=O)C=C2C1=CC=C1[C@@]2(C)CC[C@@]2(C)[C@@H]3C[C@](C)(NI)CC[C@]3(C)CC[C@]12C. The molecule has 0 amide bonds. The maximum absolute atomic E-state index is 12.6. The summed E-state index contributed by atoms with van der Waals surface area (Å²) in [5, 5.41) is 10.3. The number of hydrogen-bond donors (Lipinski definition) is 2. The lowest BCUT2D eigenvalue weighted by molar-refractivity contribution is -0.151. The van der Waals surface area contributed by atoms with Gasteiger partial charge in [0.2, 0.25) is 5.78 Å². The highest BCUT2D eigenvalue weighted by molar-refractivity contribution is 14.1. The van der Waals surface area contributed by atoms with Gasteiger partial charge in [-0.25, -0.2) is 0 Å². The van der Waals surface area contributed by atoms with Crippen LogP contribution in [0.4, 0.5) is 0 Å². The van der Waals surface area contributed by atoms with E-state index < -0.39 is 0 Å². The van der Waals surface area contributed by atoms with E-state index in [4.69, 9.17) is 0 Å². The fourth-order valence-electron chi connectivity index (χ4n) is 8.54. The van der Waals surface area contributed by atoms with Crippen LogP contribution in [0.25, 0.3) is 0 Å². The number of fused-ring (bicyclic) bond motifs is 7. The molecule has 5 aliphatic rings. The van der Waals surface area contributed by atoms with Gasteiger partial charge in [-0.15, -0.1) is 0 Å². The number of halogens is 1. The Labute approximate surface area is 207 Å². The maximum atomic E-state index is 12.6. The van der Waals surface area contributed by atoms with Crippen molar-refractivity contribution in [1.82, 2.24) is 3.53 Å². The number of nitrogens with one attached hydrogen (secondary N) is 1. The Morgan fingerprint density at radius 2 is 1.69 bits per heavy atom. The van der Waals surface area contributed by atoms with Gasteiger partial charge in [0, 0.05) is 39.4 Å². The molecule has 0 radical (unpaired) electrons. The highest BCUT2D eigenvalue weighted by atomic mass is 127. The molecule has 174 valence electrons. The van der Waals surface area contributed by atoms with Gasteiger partial charge in [0.05, 0.1) is 0 Å². The first kappa shape index (κ1) is 22.9. The summed E-state index contributed by atoms with van der Waals surface area (Å²) in [5.74, 6) is 0.356. The Bertz CT molecular complexity index is 1040. The van der Waals surface area contributed by atoms with Crippen molar-refractivity contribution in [3.05, 3.63) is 46.3 Å². The van der Waals surface area contributed by atoms with Gasteiger partial charge in [-0.1, -0.05) is 45.4 Å². The Hall–Kier alpha value is -0.880. The van der Waals surface area contributed by atoms with Crippen molar-refractivity contribution in [3.63, 3.8) is 0 Å². The number of carbonyl (C=O) groups excluding carboxylic acids is 1. The van der Waals surface area contributed by atoms with Crippen molar-refractivity contribution >= 4 is 28.6 Å². The average Bonchev–Trinajstić information content (AvgIpc) is 2.76. The summed E-state index contributed by atoms with van der Waals surface area (Å²) in [6, 6.07) is 0. The van der Waals surface area contributed by atoms with Crippen molar-refractivity contribution in [3.8, 4) is 0 Å². The number of hydrogen-bond acceptors (Lipinski definition) is 3. The monoisotopic (exact) mass is 547 g/mol. The van der Waals surface area contributed by atoms with Crippen LogP contribution >= 0.6 is 22.9 Å². The molecule has 3 fully saturated rings. The van der Waals surface area contributed by atoms with Crippen molar-refractivity contribution < 1.29 is 9.90 Å². The Kier molecular flexibility index (Phi) is 4.89. The molecule has 0 bridgehead atoms. The van der Waals surface area contributed by atoms with Gasteiger partial charge in [0.15, 0.2) is 5.76 Å². The second-order valence-electron chi connectivity index (χ2n) is 12.7. The second-order valence-corrected chi connectivity index (χ2v) is 13.2. The summed E-state index contributed by atoms with van der Waals surface area (Å²) in [4.78, 5) is 12.6. The minimum atomic E-state index is -0.233. The first-order valence-electron chi connectivity index (χ1n) is 12.3. The molecule has 4 heteroatoms. The quantitative estimate of drug-likeness (QED) is 0.268. The summed E-state index contributed by atoms with van der Waals surface area (Å²) in [5.41, 5.74) is 5.27. The molecule has 0 aromatic rings. The molecule has 3 saturated carbocycles. The summed E-state index contributed by atoms with van der Waals surface area (Å²) < 4.78 is 3.64. The van der Waals surface area contributed by atoms with Gasteiger partial charge in [0.1, 0.15) is 0 Å². The molecule has 0 aromatic carbocycles. The number of ketones is 1. The topological polar surface area (TPSA) is 49.3 Å². The van der Waals surface area contributed by atoms with E-state index >= 15 is 0 Å². The molecule has 0 aliphatic heterocycles. The smallest absolute Gasteiger partial charge is 0.220 e. The molecule has 5 aliphatic carbocycles. The van der Waals surface area contributed by atoms with Crippen LogP contribution in [0.1, 0.15) is 86.5 Å². The maximum Gasteiger partial charge on any atom is 0.220 e. The highest BCUT2D eigenvalue weighted by Crippen LogP contribution is 2.75. The minimum Gasteiger partial charge on any atom is -0.504 e. The highest BCUT2D eigenvalue weighted by Gasteiger charge is 2.66. The van der Waals surface area contributed by atoms with Crippen LogP contribution < -0.4 is 3.53 Å². The summed E-state index contributed by atoms with van der Waals surface area (Å²) in [7, 11) is 0. The standard InChI is InChI=1S/C28H38INO2/c1-17-18-7-8-21-26(4,19(18)15-20(31)23(17)32)12-14-28(6)22-16-25(3,30-29)11-9-24(22,2)10-13-27(21,28)5/h7-8,15,22,30,32H,9-14,16H2,1-6H3/t22-,24-,25-,26+,27-,28+/m1/s1. The van der Waals surface area contributed by atoms with Gasteiger partial charge in [-0.2, -0.15) is 0 Å². The molecular formula is C28H38INO2. The van der Waals surface area contributed by atoms with Crippen LogP contribution in [-0.4, -0.2) is 16.4 Å². The molecule has 32 heavy (non-hydrogen) atoms. The molecule has 0 aromatic heterocycles. The predicted molar refractivity (Wildman–Crippen MR) is 138 cm³/mol. The largest absolute Gasteiger partial charge is 0.504 e. The van der Waals surface area contributed by atoms with Gasteiger partial charge < -0.3 is 5.11 Å². The molecule has 0 spiro atoms. The lowest BCUT2D eigenvalue weighted by Crippen LogP contribution is -2.63. The Balaban J connectivity index is 1.64. The van der Waals surface area contributed by atoms with E-state index in [1.54, 1.807) is 6.08 Å². The molecule has 6 atom stereocenters. The number of allylic oxidation sites excluding steroid dienone is 7. The zero-order chi connectivity index (χ0) is 23.3. The number of aliphatic hydroxyl groups excluding tert-OH is 1. The molecule has 0 unspecified atom stereocenters. The molecule has 0 saturated heterocycles. The summed E-state index contributed by atoms with van der Waals surface area (Å²) in [6.45, 7) is 14.3. The summed E-state index contributed by atoms with van der Waals surface area (Å²) in [6.07, 6.45) is 14.8. The zero-order valence-corrected chi connectivity index (χ0v) is 22.7. The number of rotatable bonds is 1. The molecular weight excluding hydrogens is 509 g/mol. The van der Waals surface area contributed by atoms with Crippen LogP contribution in [-0.2, 0) is 4.79 Å².